The lowest BCUT2D eigenvalue weighted by atomic mass is 9.69. The number of nitrogens with one attached hydrogen (secondary N) is 1. The number of furan rings is 1. The quantitative estimate of drug-likeness (QED) is 0.546. The lowest BCUT2D eigenvalue weighted by Gasteiger charge is -2.42. The van der Waals surface area contributed by atoms with Crippen LogP contribution in [-0.2, 0) is 9.59 Å². The number of aromatic nitrogens is 1. The first-order valence-electron chi connectivity index (χ1n) is 10.6. The van der Waals surface area contributed by atoms with Crippen molar-refractivity contribution in [2.45, 2.75) is 22.6 Å². The topological polar surface area (TPSA) is 83.4 Å². The van der Waals surface area contributed by atoms with E-state index in [2.05, 4.69) is 4.98 Å². The summed E-state index contributed by atoms with van der Waals surface area (Å²) < 4.78 is 5.82. The van der Waals surface area contributed by atoms with Gasteiger partial charge < -0.3 is 9.40 Å². The molecule has 7 rings (SSSR count). The van der Waals surface area contributed by atoms with E-state index < -0.39 is 0 Å². The number of amides is 2. The molecule has 1 saturated heterocycles. The molecule has 32 heavy (non-hydrogen) atoms. The van der Waals surface area contributed by atoms with Crippen molar-refractivity contribution in [3.05, 3.63) is 68.0 Å². The van der Waals surface area contributed by atoms with Crippen molar-refractivity contribution >= 4 is 52.2 Å². The first-order valence-corrected chi connectivity index (χ1v) is 12.7. The Morgan fingerprint density at radius 3 is 2.50 bits per heavy atom. The molecule has 7 atom stereocenters. The maximum atomic E-state index is 13.6. The largest absolute Gasteiger partial charge is 0.469 e. The Morgan fingerprint density at radius 1 is 1.03 bits per heavy atom. The molecule has 1 aromatic carbocycles. The Morgan fingerprint density at radius 2 is 1.78 bits per heavy atom. The van der Waals surface area contributed by atoms with Crippen LogP contribution in [0.15, 0.2) is 56.9 Å². The number of thioether (sulfide) groups is 1. The molecule has 1 N–H and O–H groups in total. The molecule has 7 unspecified atom stereocenters. The average molecular weight is 485 g/mol. The summed E-state index contributed by atoms with van der Waals surface area (Å²) in [4.78, 5) is 44.5. The third kappa shape index (κ3) is 2.40. The van der Waals surface area contributed by atoms with Crippen LogP contribution < -0.4 is 9.77 Å². The monoisotopic (exact) mass is 484 g/mol. The summed E-state index contributed by atoms with van der Waals surface area (Å²) >= 11 is 8.92. The summed E-state index contributed by atoms with van der Waals surface area (Å²) in [7, 11) is 0. The number of carbonyl (C=O) groups excluding carboxylic acids is 2. The Hall–Kier alpha value is -2.29. The number of carbonyl (C=O) groups is 2. The van der Waals surface area contributed by atoms with Crippen molar-refractivity contribution in [1.82, 2.24) is 4.98 Å². The highest BCUT2D eigenvalue weighted by atomic mass is 35.5. The van der Waals surface area contributed by atoms with Gasteiger partial charge in [-0.15, -0.1) is 11.8 Å². The number of hydrogen-bond acceptors (Lipinski definition) is 6. The molecule has 2 aromatic heterocycles. The van der Waals surface area contributed by atoms with Crippen molar-refractivity contribution in [3.8, 4) is 0 Å². The molecule has 162 valence electrons. The second kappa shape index (κ2) is 6.62. The van der Waals surface area contributed by atoms with Crippen molar-refractivity contribution in [1.29, 1.82) is 0 Å². The van der Waals surface area contributed by atoms with Crippen molar-refractivity contribution in [3.63, 3.8) is 0 Å². The van der Waals surface area contributed by atoms with E-state index in [-0.39, 0.29) is 57.4 Å². The highest BCUT2D eigenvalue weighted by molar-refractivity contribution is 8.00. The van der Waals surface area contributed by atoms with Crippen LogP contribution in [0.5, 0.6) is 0 Å². The van der Waals surface area contributed by atoms with Crippen LogP contribution in [0.1, 0.15) is 23.0 Å². The fourth-order valence-corrected chi connectivity index (χ4v) is 9.64. The number of thiazole rings is 1. The minimum atomic E-state index is -0.320. The molecule has 0 radical (unpaired) electrons. The molecule has 9 heteroatoms. The zero-order chi connectivity index (χ0) is 21.7. The molecule has 6 nitrogen and oxygen atoms in total. The number of aromatic amines is 1. The zero-order valence-electron chi connectivity index (χ0n) is 16.6. The summed E-state index contributed by atoms with van der Waals surface area (Å²) in [5.74, 6) is 0.252. The van der Waals surface area contributed by atoms with Crippen molar-refractivity contribution < 1.29 is 14.0 Å². The summed E-state index contributed by atoms with van der Waals surface area (Å²) in [6.07, 6.45) is 2.52. The molecular formula is C23H17ClN2O4S2. The van der Waals surface area contributed by atoms with Gasteiger partial charge in [0.15, 0.2) is 0 Å². The van der Waals surface area contributed by atoms with Crippen LogP contribution in [-0.4, -0.2) is 22.0 Å². The minimum Gasteiger partial charge on any atom is -0.469 e. The number of imide groups is 1. The summed E-state index contributed by atoms with van der Waals surface area (Å²) in [6, 6.07) is 10.7. The second-order valence-electron chi connectivity index (χ2n) is 8.96. The maximum absolute atomic E-state index is 13.6. The fourth-order valence-electron chi connectivity index (χ4n) is 6.65. The Kier molecular flexibility index (Phi) is 3.97. The fraction of sp³-hybridized carbons (Fsp3) is 0.348. The summed E-state index contributed by atoms with van der Waals surface area (Å²) in [5, 5.41) is 1.62. The van der Waals surface area contributed by atoms with E-state index in [1.54, 1.807) is 42.3 Å². The summed E-state index contributed by atoms with van der Waals surface area (Å²) in [6.45, 7) is 0. The van der Waals surface area contributed by atoms with Crippen LogP contribution in [0.25, 0.3) is 0 Å². The van der Waals surface area contributed by atoms with Crippen LogP contribution in [0.4, 0.5) is 5.69 Å². The number of rotatable bonds is 2. The number of hydrogen-bond donors (Lipinski definition) is 1. The Balaban J connectivity index is 1.32. The van der Waals surface area contributed by atoms with Crippen molar-refractivity contribution in [2.75, 3.05) is 4.90 Å². The molecule has 4 aliphatic rings. The van der Waals surface area contributed by atoms with E-state index in [4.69, 9.17) is 16.0 Å². The SMILES string of the molecule is O=C1C2C3CC(C2C(=O)N1c1ccc(Cl)cc1)C1C(c2ccco2)c2sc(=O)[nH]c2SC31. The lowest BCUT2D eigenvalue weighted by Crippen LogP contribution is -2.42. The molecule has 3 fully saturated rings. The maximum Gasteiger partial charge on any atom is 0.305 e. The summed E-state index contributed by atoms with van der Waals surface area (Å²) in [5.41, 5.74) is 0.583. The number of halogens is 1. The van der Waals surface area contributed by atoms with Gasteiger partial charge in [-0.3, -0.25) is 19.3 Å². The number of H-pyrrole nitrogens is 1. The predicted octanol–water partition coefficient (Wildman–Crippen LogP) is 4.36. The normalized spacial score (nSPS) is 34.7. The number of benzene rings is 1. The first-order chi connectivity index (χ1) is 15.5. The molecule has 2 aliphatic heterocycles. The zero-order valence-corrected chi connectivity index (χ0v) is 19.0. The third-order valence-electron chi connectivity index (χ3n) is 7.66. The van der Waals surface area contributed by atoms with E-state index in [0.29, 0.717) is 10.7 Å². The number of nitrogens with zero attached hydrogens (tertiary/aromatic N) is 1. The van der Waals surface area contributed by atoms with Crippen LogP contribution in [0.2, 0.25) is 5.02 Å². The van der Waals surface area contributed by atoms with E-state index in [9.17, 15) is 14.4 Å². The number of anilines is 1. The molecule has 2 amide bonds. The minimum absolute atomic E-state index is 0.0707. The van der Waals surface area contributed by atoms with Gasteiger partial charge >= 0.3 is 4.87 Å². The van der Waals surface area contributed by atoms with Gasteiger partial charge in [-0.2, -0.15) is 0 Å². The Bertz CT molecular complexity index is 1310. The van der Waals surface area contributed by atoms with Gasteiger partial charge in [0.2, 0.25) is 11.8 Å². The van der Waals surface area contributed by atoms with Gasteiger partial charge in [0.1, 0.15) is 5.76 Å². The average Bonchev–Trinajstić information content (AvgIpc) is 3.57. The molecule has 2 bridgehead atoms. The van der Waals surface area contributed by atoms with Crippen LogP contribution in [0.3, 0.4) is 0 Å². The van der Waals surface area contributed by atoms with Gasteiger partial charge in [0.25, 0.3) is 0 Å². The Labute approximate surface area is 195 Å². The molecule has 2 aliphatic carbocycles. The highest BCUT2D eigenvalue weighted by Gasteiger charge is 2.70. The predicted molar refractivity (Wildman–Crippen MR) is 121 cm³/mol. The van der Waals surface area contributed by atoms with Gasteiger partial charge in [-0.05, 0) is 60.6 Å². The smallest absolute Gasteiger partial charge is 0.305 e. The highest BCUT2D eigenvalue weighted by Crippen LogP contribution is 2.68. The van der Waals surface area contributed by atoms with Crippen LogP contribution >= 0.6 is 34.7 Å². The van der Waals surface area contributed by atoms with Gasteiger partial charge in [-0.1, -0.05) is 22.9 Å². The van der Waals surface area contributed by atoms with E-state index >= 15 is 0 Å². The molecule has 4 heterocycles. The van der Waals surface area contributed by atoms with E-state index in [1.807, 2.05) is 12.1 Å². The molecule has 0 spiro atoms. The van der Waals surface area contributed by atoms with E-state index in [1.165, 1.54) is 16.2 Å². The molecule has 2 saturated carbocycles. The standard InChI is InChI=1S/C23H17ClN2O4S2/c24-9-3-5-10(6-4-9)26-21(27)15-11-8-12(16(15)22(26)28)18-14(11)17(13-2-1-7-30-13)19-20(31-18)25-23(29)32-19/h1-7,11-12,14-18H,8H2,(H,25,29). The second-order valence-corrected chi connectivity index (χ2v) is 11.6. The first kappa shape index (κ1) is 19.2. The van der Waals surface area contributed by atoms with Gasteiger partial charge in [0, 0.05) is 10.3 Å². The van der Waals surface area contributed by atoms with Crippen LogP contribution in [0, 0.1) is 29.6 Å². The number of fused-ring (bicyclic) bond motifs is 9. The third-order valence-corrected chi connectivity index (χ3v) is 10.5. The van der Waals surface area contributed by atoms with Gasteiger partial charge in [-0.25, -0.2) is 0 Å². The van der Waals surface area contributed by atoms with Crippen molar-refractivity contribution in [2.24, 2.45) is 29.6 Å². The molecule has 3 aromatic rings. The molecular weight excluding hydrogens is 468 g/mol. The lowest BCUT2D eigenvalue weighted by molar-refractivity contribution is -0.123. The van der Waals surface area contributed by atoms with E-state index in [0.717, 1.165) is 22.1 Å². The van der Waals surface area contributed by atoms with Gasteiger partial charge in [0.05, 0.1) is 39.6 Å².